The molecule has 1 aliphatic rings. The second kappa shape index (κ2) is 7.64. The molecule has 140 valence electrons. The molecule has 27 heavy (non-hydrogen) atoms. The summed E-state index contributed by atoms with van der Waals surface area (Å²) in [5.74, 6) is -0.157. The predicted octanol–water partition coefficient (Wildman–Crippen LogP) is 3.00. The Morgan fingerprint density at radius 3 is 2.93 bits per heavy atom. The summed E-state index contributed by atoms with van der Waals surface area (Å²) in [6.07, 6.45) is 6.56. The highest BCUT2D eigenvalue weighted by Gasteiger charge is 2.20. The molecule has 0 aliphatic heterocycles. The molecule has 0 bridgehead atoms. The first kappa shape index (κ1) is 17.9. The van der Waals surface area contributed by atoms with Gasteiger partial charge >= 0.3 is 0 Å². The van der Waals surface area contributed by atoms with Crippen LogP contribution in [0.4, 0.5) is 0 Å². The lowest BCUT2D eigenvalue weighted by molar-refractivity contribution is -0.121. The van der Waals surface area contributed by atoms with Crippen LogP contribution in [-0.4, -0.2) is 22.0 Å². The number of thiophene rings is 1. The first-order valence-corrected chi connectivity index (χ1v) is 10.3. The van der Waals surface area contributed by atoms with Crippen LogP contribution < -0.4 is 10.9 Å². The Hall–Kier alpha value is -2.47. The van der Waals surface area contributed by atoms with Gasteiger partial charge in [-0.15, -0.1) is 11.3 Å². The maximum atomic E-state index is 12.9. The van der Waals surface area contributed by atoms with Crippen LogP contribution in [-0.2, 0) is 30.6 Å². The minimum absolute atomic E-state index is 0.0141. The number of rotatable bonds is 5. The van der Waals surface area contributed by atoms with Gasteiger partial charge in [0.15, 0.2) is 0 Å². The van der Waals surface area contributed by atoms with Gasteiger partial charge in [0.05, 0.1) is 11.7 Å². The van der Waals surface area contributed by atoms with E-state index in [9.17, 15) is 9.59 Å². The largest absolute Gasteiger partial charge is 0.354 e. The zero-order valence-corrected chi connectivity index (χ0v) is 16.3. The molecule has 1 aromatic carbocycles. The topological polar surface area (TPSA) is 64.0 Å². The maximum absolute atomic E-state index is 12.9. The lowest BCUT2D eigenvalue weighted by Gasteiger charge is -2.11. The van der Waals surface area contributed by atoms with Gasteiger partial charge in [0, 0.05) is 11.4 Å². The summed E-state index contributed by atoms with van der Waals surface area (Å²) in [6.45, 7) is 2.64. The highest BCUT2D eigenvalue weighted by atomic mass is 32.1. The predicted molar refractivity (Wildman–Crippen MR) is 108 cm³/mol. The average Bonchev–Trinajstić information content (AvgIpc) is 3.05. The quantitative estimate of drug-likeness (QED) is 0.739. The molecule has 1 aliphatic carbocycles. The van der Waals surface area contributed by atoms with Gasteiger partial charge in [0.1, 0.15) is 11.4 Å². The van der Waals surface area contributed by atoms with E-state index in [4.69, 9.17) is 0 Å². The van der Waals surface area contributed by atoms with Crippen LogP contribution in [0.2, 0.25) is 0 Å². The van der Waals surface area contributed by atoms with Gasteiger partial charge in [-0.25, -0.2) is 4.98 Å². The van der Waals surface area contributed by atoms with E-state index in [1.165, 1.54) is 33.3 Å². The Morgan fingerprint density at radius 2 is 2.07 bits per heavy atom. The van der Waals surface area contributed by atoms with Crippen molar-refractivity contribution in [3.63, 3.8) is 0 Å². The van der Waals surface area contributed by atoms with Gasteiger partial charge in [-0.1, -0.05) is 24.3 Å². The minimum Gasteiger partial charge on any atom is -0.354 e. The number of nitrogens with zero attached hydrogens (tertiary/aromatic N) is 2. The zero-order valence-electron chi connectivity index (χ0n) is 15.5. The lowest BCUT2D eigenvalue weighted by Crippen LogP contribution is -2.33. The number of carbonyl (C=O) groups excluding carboxylic acids is 1. The van der Waals surface area contributed by atoms with E-state index in [0.29, 0.717) is 6.54 Å². The standard InChI is InChI=1S/C21H23N3O2S/c1-14-6-2-3-7-15(14)10-11-22-18(25)12-24-13-23-20-19(21(24)26)16-8-4-5-9-17(16)27-20/h2-3,6-7,13H,4-5,8-12H2,1H3,(H,22,25). The molecular formula is C21H23N3O2S. The van der Waals surface area contributed by atoms with E-state index in [-0.39, 0.29) is 18.0 Å². The van der Waals surface area contributed by atoms with Gasteiger partial charge in [0.25, 0.3) is 5.56 Å². The summed E-state index contributed by atoms with van der Waals surface area (Å²) in [7, 11) is 0. The highest BCUT2D eigenvalue weighted by Crippen LogP contribution is 2.33. The van der Waals surface area contributed by atoms with Crippen molar-refractivity contribution >= 4 is 27.5 Å². The number of nitrogens with one attached hydrogen (secondary N) is 1. The number of carbonyl (C=O) groups is 1. The molecule has 0 radical (unpaired) electrons. The normalized spacial score (nSPS) is 13.5. The van der Waals surface area contributed by atoms with Crippen LogP contribution in [0.15, 0.2) is 35.4 Å². The summed E-state index contributed by atoms with van der Waals surface area (Å²) in [6, 6.07) is 8.16. The van der Waals surface area contributed by atoms with E-state index in [2.05, 4.69) is 29.4 Å². The van der Waals surface area contributed by atoms with E-state index < -0.39 is 0 Å². The number of amides is 1. The molecule has 2 aromatic heterocycles. The Morgan fingerprint density at radius 1 is 1.26 bits per heavy atom. The first-order chi connectivity index (χ1) is 13.1. The SMILES string of the molecule is Cc1ccccc1CCNC(=O)Cn1cnc2sc3c(c2c1=O)CCCC3. The van der Waals surface area contributed by atoms with Gasteiger partial charge in [-0.2, -0.15) is 0 Å². The van der Waals surface area contributed by atoms with E-state index in [0.717, 1.165) is 41.5 Å². The number of hydrogen-bond acceptors (Lipinski definition) is 4. The molecule has 0 saturated carbocycles. The van der Waals surface area contributed by atoms with Crippen LogP contribution in [0.1, 0.15) is 34.4 Å². The van der Waals surface area contributed by atoms with Gasteiger partial charge in [0.2, 0.25) is 5.91 Å². The molecule has 0 spiro atoms. The monoisotopic (exact) mass is 381 g/mol. The lowest BCUT2D eigenvalue weighted by atomic mass is 9.97. The van der Waals surface area contributed by atoms with E-state index in [1.54, 1.807) is 11.3 Å². The van der Waals surface area contributed by atoms with Crippen molar-refractivity contribution in [1.82, 2.24) is 14.9 Å². The third-order valence-electron chi connectivity index (χ3n) is 5.23. The van der Waals surface area contributed by atoms with Crippen LogP contribution in [0, 0.1) is 6.92 Å². The van der Waals surface area contributed by atoms with Gasteiger partial charge < -0.3 is 5.32 Å². The summed E-state index contributed by atoms with van der Waals surface area (Å²) in [4.78, 5) is 31.7. The van der Waals surface area contributed by atoms with Crippen LogP contribution in [0.3, 0.4) is 0 Å². The first-order valence-electron chi connectivity index (χ1n) is 9.44. The second-order valence-corrected chi connectivity index (χ2v) is 8.18. The van der Waals surface area contributed by atoms with Gasteiger partial charge in [-0.05, 0) is 55.7 Å². The molecule has 2 heterocycles. The van der Waals surface area contributed by atoms with Crippen molar-refractivity contribution in [3.05, 3.63) is 62.5 Å². The number of aromatic nitrogens is 2. The summed E-state index contributed by atoms with van der Waals surface area (Å²) in [5.41, 5.74) is 3.52. The van der Waals surface area contributed by atoms with Crippen molar-refractivity contribution in [1.29, 1.82) is 0 Å². The number of benzene rings is 1. The third kappa shape index (κ3) is 3.67. The molecule has 4 rings (SSSR count). The van der Waals surface area contributed by atoms with Gasteiger partial charge in [-0.3, -0.25) is 14.2 Å². The molecule has 0 saturated heterocycles. The van der Waals surface area contributed by atoms with Crippen molar-refractivity contribution < 1.29 is 4.79 Å². The van der Waals surface area contributed by atoms with Crippen molar-refractivity contribution in [2.75, 3.05) is 6.54 Å². The summed E-state index contributed by atoms with van der Waals surface area (Å²) < 4.78 is 1.44. The second-order valence-electron chi connectivity index (χ2n) is 7.10. The number of hydrogen-bond donors (Lipinski definition) is 1. The van der Waals surface area contributed by atoms with E-state index >= 15 is 0 Å². The molecular weight excluding hydrogens is 358 g/mol. The minimum atomic E-state index is -0.157. The van der Waals surface area contributed by atoms with Crippen molar-refractivity contribution in [2.45, 2.75) is 45.6 Å². The molecule has 0 fully saturated rings. The summed E-state index contributed by atoms with van der Waals surface area (Å²) in [5, 5.41) is 3.64. The number of aryl methyl sites for hydroxylation is 3. The Labute approximate surface area is 162 Å². The smallest absolute Gasteiger partial charge is 0.262 e. The maximum Gasteiger partial charge on any atom is 0.262 e. The van der Waals surface area contributed by atoms with Crippen LogP contribution in [0.25, 0.3) is 10.2 Å². The molecule has 5 nitrogen and oxygen atoms in total. The molecule has 1 amide bonds. The van der Waals surface area contributed by atoms with Crippen molar-refractivity contribution in [3.8, 4) is 0 Å². The number of fused-ring (bicyclic) bond motifs is 3. The van der Waals surface area contributed by atoms with Crippen LogP contribution >= 0.6 is 11.3 Å². The Kier molecular flexibility index (Phi) is 5.07. The fourth-order valence-corrected chi connectivity index (χ4v) is 4.95. The van der Waals surface area contributed by atoms with E-state index in [1.807, 2.05) is 12.1 Å². The molecule has 1 N–H and O–H groups in total. The Bertz CT molecular complexity index is 1050. The Balaban J connectivity index is 1.45. The summed E-state index contributed by atoms with van der Waals surface area (Å²) >= 11 is 1.63. The molecule has 0 unspecified atom stereocenters. The fraction of sp³-hybridized carbons (Fsp3) is 0.381. The average molecular weight is 382 g/mol. The van der Waals surface area contributed by atoms with Crippen LogP contribution in [0.5, 0.6) is 0 Å². The third-order valence-corrected chi connectivity index (χ3v) is 6.43. The highest BCUT2D eigenvalue weighted by molar-refractivity contribution is 7.18. The molecule has 6 heteroatoms. The van der Waals surface area contributed by atoms with Crippen molar-refractivity contribution in [2.24, 2.45) is 0 Å². The zero-order chi connectivity index (χ0) is 18.8. The molecule has 3 aromatic rings. The molecule has 0 atom stereocenters. The fourth-order valence-electron chi connectivity index (χ4n) is 3.73.